The van der Waals surface area contributed by atoms with Crippen molar-refractivity contribution in [2.24, 2.45) is 0 Å². The zero-order valence-electron chi connectivity index (χ0n) is 15.6. The molecule has 0 bridgehead atoms. The van der Waals surface area contributed by atoms with Gasteiger partial charge in [-0.3, -0.25) is 9.59 Å². The second-order valence-electron chi connectivity index (χ2n) is 6.50. The predicted molar refractivity (Wildman–Crippen MR) is 104 cm³/mol. The maximum Gasteiger partial charge on any atom is 0.259 e. The number of aromatic nitrogens is 1. The number of anilines is 2. The monoisotopic (exact) mass is 368 g/mol. The van der Waals surface area contributed by atoms with E-state index in [9.17, 15) is 9.59 Å². The summed E-state index contributed by atoms with van der Waals surface area (Å²) in [5, 5.41) is 2.94. The van der Waals surface area contributed by atoms with Crippen LogP contribution in [-0.4, -0.2) is 55.0 Å². The van der Waals surface area contributed by atoms with Crippen LogP contribution in [-0.2, 0) is 16.1 Å². The second-order valence-corrected chi connectivity index (χ2v) is 6.50. The van der Waals surface area contributed by atoms with Crippen molar-refractivity contribution in [1.29, 1.82) is 0 Å². The molecule has 1 fully saturated rings. The van der Waals surface area contributed by atoms with Crippen LogP contribution in [0.5, 0.6) is 0 Å². The molecule has 1 aliphatic heterocycles. The number of benzene rings is 1. The first-order chi connectivity index (χ1) is 13.0. The van der Waals surface area contributed by atoms with Crippen LogP contribution in [0.1, 0.15) is 22.8 Å². The first-order valence-electron chi connectivity index (χ1n) is 8.94. The number of ether oxygens (including phenoxy) is 1. The summed E-state index contributed by atoms with van der Waals surface area (Å²) in [6.07, 6.45) is 1.69. The van der Waals surface area contributed by atoms with E-state index in [4.69, 9.17) is 4.74 Å². The first-order valence-corrected chi connectivity index (χ1v) is 8.94. The van der Waals surface area contributed by atoms with Crippen LogP contribution in [0.4, 0.5) is 11.5 Å². The number of carbonyl (C=O) groups is 2. The molecule has 0 atom stereocenters. The number of nitrogens with zero attached hydrogens (tertiary/aromatic N) is 3. The normalized spacial score (nSPS) is 13.9. The van der Waals surface area contributed by atoms with Gasteiger partial charge in [-0.2, -0.15) is 0 Å². The summed E-state index contributed by atoms with van der Waals surface area (Å²) < 4.78 is 5.38. The maximum absolute atomic E-state index is 12.8. The Morgan fingerprint density at radius 1 is 1.22 bits per heavy atom. The minimum atomic E-state index is -0.207. The molecule has 0 spiro atoms. The van der Waals surface area contributed by atoms with Gasteiger partial charge in [-0.25, -0.2) is 4.98 Å². The lowest BCUT2D eigenvalue weighted by Gasteiger charge is -2.29. The SMILES string of the molecule is CC(=O)N(C)Cc1cccc(NC(=O)c2cccnc2N2CCOCC2)c1. The van der Waals surface area contributed by atoms with E-state index < -0.39 is 0 Å². The summed E-state index contributed by atoms with van der Waals surface area (Å²) in [6.45, 7) is 4.70. The van der Waals surface area contributed by atoms with Crippen molar-refractivity contribution in [3.05, 3.63) is 53.7 Å². The van der Waals surface area contributed by atoms with Crippen molar-refractivity contribution in [1.82, 2.24) is 9.88 Å². The topological polar surface area (TPSA) is 74.8 Å². The Hall–Kier alpha value is -2.93. The van der Waals surface area contributed by atoms with E-state index in [-0.39, 0.29) is 11.8 Å². The van der Waals surface area contributed by atoms with Gasteiger partial charge in [0.2, 0.25) is 5.91 Å². The highest BCUT2D eigenvalue weighted by Crippen LogP contribution is 2.20. The zero-order valence-corrected chi connectivity index (χ0v) is 15.6. The number of rotatable bonds is 5. The molecule has 0 radical (unpaired) electrons. The van der Waals surface area contributed by atoms with Crippen LogP contribution in [0.25, 0.3) is 0 Å². The minimum Gasteiger partial charge on any atom is -0.378 e. The molecule has 7 nitrogen and oxygen atoms in total. The van der Waals surface area contributed by atoms with Gasteiger partial charge in [0.05, 0.1) is 18.8 Å². The fourth-order valence-corrected chi connectivity index (χ4v) is 2.93. The van der Waals surface area contributed by atoms with E-state index in [2.05, 4.69) is 15.2 Å². The molecular formula is C20H24N4O3. The van der Waals surface area contributed by atoms with Crippen LogP contribution >= 0.6 is 0 Å². The average molecular weight is 368 g/mol. The Morgan fingerprint density at radius 3 is 2.74 bits per heavy atom. The summed E-state index contributed by atoms with van der Waals surface area (Å²) in [5.74, 6) is 0.461. The van der Waals surface area contributed by atoms with Gasteiger partial charge in [0.25, 0.3) is 5.91 Å². The third kappa shape index (κ3) is 4.83. The number of morpholine rings is 1. The highest BCUT2D eigenvalue weighted by atomic mass is 16.5. The van der Waals surface area contributed by atoms with E-state index in [1.165, 1.54) is 6.92 Å². The molecule has 1 aromatic carbocycles. The lowest BCUT2D eigenvalue weighted by atomic mass is 10.1. The molecule has 2 heterocycles. The molecule has 1 saturated heterocycles. The Morgan fingerprint density at radius 2 is 2.00 bits per heavy atom. The van der Waals surface area contributed by atoms with Crippen LogP contribution in [0, 0.1) is 0 Å². The van der Waals surface area contributed by atoms with Gasteiger partial charge in [-0.1, -0.05) is 12.1 Å². The lowest BCUT2D eigenvalue weighted by molar-refractivity contribution is -0.128. The van der Waals surface area contributed by atoms with Crippen LogP contribution in [0.2, 0.25) is 0 Å². The molecule has 0 saturated carbocycles. The summed E-state index contributed by atoms with van der Waals surface area (Å²) in [4.78, 5) is 32.4. The third-order valence-electron chi connectivity index (χ3n) is 4.48. The molecule has 0 aliphatic carbocycles. The van der Waals surface area contributed by atoms with Crippen LogP contribution in [0.3, 0.4) is 0 Å². The Kier molecular flexibility index (Phi) is 6.03. The number of pyridine rings is 1. The molecule has 0 unspecified atom stereocenters. The summed E-state index contributed by atoms with van der Waals surface area (Å²) in [7, 11) is 1.75. The van der Waals surface area contributed by atoms with E-state index in [1.807, 2.05) is 24.3 Å². The molecule has 27 heavy (non-hydrogen) atoms. The molecule has 2 amide bonds. The van der Waals surface area contributed by atoms with E-state index in [0.717, 1.165) is 5.56 Å². The maximum atomic E-state index is 12.8. The highest BCUT2D eigenvalue weighted by molar-refractivity contribution is 6.07. The summed E-state index contributed by atoms with van der Waals surface area (Å²) >= 11 is 0. The number of amides is 2. The predicted octanol–water partition coefficient (Wildman–Crippen LogP) is 2.15. The smallest absolute Gasteiger partial charge is 0.259 e. The van der Waals surface area contributed by atoms with Gasteiger partial charge >= 0.3 is 0 Å². The van der Waals surface area contributed by atoms with Crippen molar-refractivity contribution < 1.29 is 14.3 Å². The van der Waals surface area contributed by atoms with Crippen molar-refractivity contribution in [2.75, 3.05) is 43.6 Å². The fourth-order valence-electron chi connectivity index (χ4n) is 2.93. The van der Waals surface area contributed by atoms with Crippen molar-refractivity contribution in [3.63, 3.8) is 0 Å². The number of nitrogens with one attached hydrogen (secondary N) is 1. The van der Waals surface area contributed by atoms with Gasteiger partial charge in [-0.05, 0) is 29.8 Å². The van der Waals surface area contributed by atoms with Gasteiger partial charge in [-0.15, -0.1) is 0 Å². The van der Waals surface area contributed by atoms with Crippen LogP contribution < -0.4 is 10.2 Å². The highest BCUT2D eigenvalue weighted by Gasteiger charge is 2.20. The van der Waals surface area contributed by atoms with Gasteiger partial charge in [0.15, 0.2) is 0 Å². The average Bonchev–Trinajstić information content (AvgIpc) is 2.69. The summed E-state index contributed by atoms with van der Waals surface area (Å²) in [6, 6.07) is 11.0. The molecule has 1 aliphatic rings. The molecule has 1 aromatic heterocycles. The van der Waals surface area contributed by atoms with E-state index >= 15 is 0 Å². The number of hydrogen-bond donors (Lipinski definition) is 1. The molecule has 3 rings (SSSR count). The number of carbonyl (C=O) groups excluding carboxylic acids is 2. The van der Waals surface area contributed by atoms with Gasteiger partial charge in [0.1, 0.15) is 5.82 Å². The molecule has 142 valence electrons. The first kappa shape index (κ1) is 18.8. The minimum absolute atomic E-state index is 0.00467. The van der Waals surface area contributed by atoms with Crippen molar-refractivity contribution >= 4 is 23.3 Å². The molecule has 2 aromatic rings. The van der Waals surface area contributed by atoms with Gasteiger partial charge in [0, 0.05) is 45.5 Å². The Balaban J connectivity index is 1.75. The largest absolute Gasteiger partial charge is 0.378 e. The zero-order chi connectivity index (χ0) is 19.2. The van der Waals surface area contributed by atoms with Crippen molar-refractivity contribution in [3.8, 4) is 0 Å². The van der Waals surface area contributed by atoms with Gasteiger partial charge < -0.3 is 19.9 Å². The molecular weight excluding hydrogens is 344 g/mol. The van der Waals surface area contributed by atoms with Crippen LogP contribution in [0.15, 0.2) is 42.6 Å². The van der Waals surface area contributed by atoms with E-state index in [1.54, 1.807) is 30.3 Å². The second kappa shape index (κ2) is 8.64. The third-order valence-corrected chi connectivity index (χ3v) is 4.48. The molecule has 1 N–H and O–H groups in total. The quantitative estimate of drug-likeness (QED) is 0.875. The van der Waals surface area contributed by atoms with Crippen molar-refractivity contribution in [2.45, 2.75) is 13.5 Å². The lowest BCUT2D eigenvalue weighted by Crippen LogP contribution is -2.38. The fraction of sp³-hybridized carbons (Fsp3) is 0.350. The summed E-state index contributed by atoms with van der Waals surface area (Å²) in [5.41, 5.74) is 2.17. The van der Waals surface area contributed by atoms with E-state index in [0.29, 0.717) is 49.9 Å². The Labute approximate surface area is 158 Å². The Bertz CT molecular complexity index is 818. The standard InChI is InChI=1S/C20H24N4O3/c1-15(25)23(2)14-16-5-3-6-17(13-16)22-20(26)18-7-4-8-21-19(18)24-9-11-27-12-10-24/h3-8,13H,9-12,14H2,1-2H3,(H,22,26). The number of hydrogen-bond acceptors (Lipinski definition) is 5. The molecule has 7 heteroatoms.